The van der Waals surface area contributed by atoms with Crippen LogP contribution < -0.4 is 0 Å². The Kier molecular flexibility index (Phi) is 1.05. The number of carbonyl (C=O) groups excluding carboxylic acids is 1. The standard InChI is InChI=1S/C9H12O/c1-7-4-8-2-3-9(7,5-8)6-10/h4,6,8H,2-3,5H2,1H3. The number of aldehydes is 1. The van der Waals surface area contributed by atoms with Crippen LogP contribution in [-0.4, -0.2) is 6.29 Å². The Morgan fingerprint density at radius 3 is 2.90 bits per heavy atom. The number of allylic oxidation sites excluding steroid dienone is 2. The molecule has 2 rings (SSSR count). The topological polar surface area (TPSA) is 17.1 Å². The highest BCUT2D eigenvalue weighted by atomic mass is 16.1. The van der Waals surface area contributed by atoms with E-state index in [-0.39, 0.29) is 5.41 Å². The third-order valence-electron chi connectivity index (χ3n) is 3.08. The zero-order valence-corrected chi connectivity index (χ0v) is 6.26. The van der Waals surface area contributed by atoms with Gasteiger partial charge in [0.05, 0.1) is 0 Å². The molecule has 0 aromatic heterocycles. The van der Waals surface area contributed by atoms with E-state index in [1.165, 1.54) is 12.0 Å². The predicted molar refractivity (Wildman–Crippen MR) is 39.6 cm³/mol. The quantitative estimate of drug-likeness (QED) is 0.397. The number of fused-ring (bicyclic) bond motifs is 2. The van der Waals surface area contributed by atoms with Gasteiger partial charge in [0.15, 0.2) is 0 Å². The summed E-state index contributed by atoms with van der Waals surface area (Å²) in [5, 5.41) is 0. The lowest BCUT2D eigenvalue weighted by Crippen LogP contribution is -2.17. The molecule has 2 unspecified atom stereocenters. The van der Waals surface area contributed by atoms with E-state index in [1.54, 1.807) is 0 Å². The minimum atomic E-state index is -0.00926. The molecule has 0 radical (unpaired) electrons. The van der Waals surface area contributed by atoms with Crippen LogP contribution in [0.5, 0.6) is 0 Å². The molecule has 54 valence electrons. The molecular formula is C9H12O. The molecule has 0 aromatic carbocycles. The number of rotatable bonds is 1. The van der Waals surface area contributed by atoms with Crippen LogP contribution in [0.4, 0.5) is 0 Å². The van der Waals surface area contributed by atoms with Gasteiger partial charge < -0.3 is 4.79 Å². The zero-order valence-electron chi connectivity index (χ0n) is 6.26. The van der Waals surface area contributed by atoms with E-state index in [0.29, 0.717) is 0 Å². The first-order chi connectivity index (χ1) is 4.77. The fraction of sp³-hybridized carbons (Fsp3) is 0.667. The maximum Gasteiger partial charge on any atom is 0.130 e. The molecule has 1 nitrogen and oxygen atoms in total. The highest BCUT2D eigenvalue weighted by Gasteiger charge is 2.44. The SMILES string of the molecule is CC1=CC2CCC1(C=O)C2. The predicted octanol–water partition coefficient (Wildman–Crippen LogP) is 1.93. The molecule has 0 N–H and O–H groups in total. The van der Waals surface area contributed by atoms with E-state index < -0.39 is 0 Å². The summed E-state index contributed by atoms with van der Waals surface area (Å²) in [6.07, 6.45) is 6.87. The zero-order chi connectivity index (χ0) is 7.19. The van der Waals surface area contributed by atoms with Gasteiger partial charge in [-0.2, -0.15) is 0 Å². The van der Waals surface area contributed by atoms with Crippen molar-refractivity contribution in [2.75, 3.05) is 0 Å². The summed E-state index contributed by atoms with van der Waals surface area (Å²) in [4.78, 5) is 10.8. The Balaban J connectivity index is 2.39. The van der Waals surface area contributed by atoms with Gasteiger partial charge in [-0.1, -0.05) is 11.6 Å². The van der Waals surface area contributed by atoms with Crippen molar-refractivity contribution in [1.29, 1.82) is 0 Å². The van der Waals surface area contributed by atoms with E-state index >= 15 is 0 Å². The maximum atomic E-state index is 10.8. The molecular weight excluding hydrogens is 124 g/mol. The van der Waals surface area contributed by atoms with Gasteiger partial charge in [-0.3, -0.25) is 0 Å². The Morgan fingerprint density at radius 2 is 2.60 bits per heavy atom. The summed E-state index contributed by atoms with van der Waals surface area (Å²) in [6.45, 7) is 2.09. The monoisotopic (exact) mass is 136 g/mol. The lowest BCUT2D eigenvalue weighted by atomic mass is 9.83. The Bertz CT molecular complexity index is 205. The lowest BCUT2D eigenvalue weighted by molar-refractivity contribution is -0.114. The average molecular weight is 136 g/mol. The van der Waals surface area contributed by atoms with E-state index in [1.807, 2.05) is 0 Å². The fourth-order valence-corrected chi connectivity index (χ4v) is 2.33. The van der Waals surface area contributed by atoms with Crippen molar-refractivity contribution in [3.8, 4) is 0 Å². The van der Waals surface area contributed by atoms with Crippen LogP contribution in [0.15, 0.2) is 11.6 Å². The molecule has 2 aliphatic carbocycles. The van der Waals surface area contributed by atoms with Gasteiger partial charge in [0.2, 0.25) is 0 Å². The van der Waals surface area contributed by atoms with Gasteiger partial charge in [0.25, 0.3) is 0 Å². The summed E-state index contributed by atoms with van der Waals surface area (Å²) in [5.41, 5.74) is 1.31. The van der Waals surface area contributed by atoms with Gasteiger partial charge in [-0.05, 0) is 32.1 Å². The van der Waals surface area contributed by atoms with Crippen molar-refractivity contribution in [3.05, 3.63) is 11.6 Å². The van der Waals surface area contributed by atoms with Crippen LogP contribution in [-0.2, 0) is 4.79 Å². The molecule has 10 heavy (non-hydrogen) atoms. The second-order valence-corrected chi connectivity index (χ2v) is 3.63. The van der Waals surface area contributed by atoms with E-state index in [2.05, 4.69) is 13.0 Å². The molecule has 0 saturated heterocycles. The average Bonchev–Trinajstić information content (AvgIpc) is 2.44. The summed E-state index contributed by atoms with van der Waals surface area (Å²) < 4.78 is 0. The van der Waals surface area contributed by atoms with Crippen LogP contribution in [0.3, 0.4) is 0 Å². The Morgan fingerprint density at radius 1 is 1.80 bits per heavy atom. The van der Waals surface area contributed by atoms with Crippen LogP contribution >= 0.6 is 0 Å². The van der Waals surface area contributed by atoms with Crippen LogP contribution in [0.25, 0.3) is 0 Å². The number of hydrogen-bond donors (Lipinski definition) is 0. The van der Waals surface area contributed by atoms with Gasteiger partial charge >= 0.3 is 0 Å². The Labute approximate surface area is 61.1 Å². The van der Waals surface area contributed by atoms with Crippen LogP contribution in [0.1, 0.15) is 26.2 Å². The molecule has 1 saturated carbocycles. The lowest BCUT2D eigenvalue weighted by Gasteiger charge is -2.19. The van der Waals surface area contributed by atoms with Crippen molar-refractivity contribution in [2.24, 2.45) is 11.3 Å². The van der Waals surface area contributed by atoms with Crippen molar-refractivity contribution in [1.82, 2.24) is 0 Å². The first kappa shape index (κ1) is 6.14. The minimum absolute atomic E-state index is 0.00926. The molecule has 0 spiro atoms. The second-order valence-electron chi connectivity index (χ2n) is 3.63. The van der Waals surface area contributed by atoms with Gasteiger partial charge in [0.1, 0.15) is 6.29 Å². The Hall–Kier alpha value is -0.590. The highest BCUT2D eigenvalue weighted by molar-refractivity contribution is 5.67. The molecule has 2 aliphatic rings. The molecule has 0 aliphatic heterocycles. The van der Waals surface area contributed by atoms with Crippen molar-refractivity contribution < 1.29 is 4.79 Å². The van der Waals surface area contributed by atoms with E-state index in [9.17, 15) is 4.79 Å². The first-order valence-corrected chi connectivity index (χ1v) is 3.92. The smallest absolute Gasteiger partial charge is 0.130 e. The maximum absolute atomic E-state index is 10.8. The fourth-order valence-electron chi connectivity index (χ4n) is 2.33. The summed E-state index contributed by atoms with van der Waals surface area (Å²) in [6, 6.07) is 0. The summed E-state index contributed by atoms with van der Waals surface area (Å²) >= 11 is 0. The molecule has 0 amide bonds. The van der Waals surface area contributed by atoms with Crippen molar-refractivity contribution >= 4 is 6.29 Å². The number of hydrogen-bond acceptors (Lipinski definition) is 1. The van der Waals surface area contributed by atoms with Gasteiger partial charge in [0, 0.05) is 5.41 Å². The third kappa shape index (κ3) is 0.556. The first-order valence-electron chi connectivity index (χ1n) is 3.92. The molecule has 1 fully saturated rings. The normalized spacial score (nSPS) is 43.7. The highest BCUT2D eigenvalue weighted by Crippen LogP contribution is 2.51. The molecule has 1 heteroatoms. The third-order valence-corrected chi connectivity index (χ3v) is 3.08. The van der Waals surface area contributed by atoms with Crippen LogP contribution in [0, 0.1) is 11.3 Å². The largest absolute Gasteiger partial charge is 0.302 e. The van der Waals surface area contributed by atoms with E-state index in [4.69, 9.17) is 0 Å². The van der Waals surface area contributed by atoms with Crippen molar-refractivity contribution in [2.45, 2.75) is 26.2 Å². The molecule has 0 aromatic rings. The second kappa shape index (κ2) is 1.71. The summed E-state index contributed by atoms with van der Waals surface area (Å²) in [7, 11) is 0. The summed E-state index contributed by atoms with van der Waals surface area (Å²) in [5.74, 6) is 0.727. The van der Waals surface area contributed by atoms with Crippen molar-refractivity contribution in [3.63, 3.8) is 0 Å². The van der Waals surface area contributed by atoms with Gasteiger partial charge in [-0.25, -0.2) is 0 Å². The molecule has 2 atom stereocenters. The number of carbonyl (C=O) groups is 1. The van der Waals surface area contributed by atoms with Crippen LogP contribution in [0.2, 0.25) is 0 Å². The minimum Gasteiger partial charge on any atom is -0.302 e. The van der Waals surface area contributed by atoms with Gasteiger partial charge in [-0.15, -0.1) is 0 Å². The van der Waals surface area contributed by atoms with E-state index in [0.717, 1.165) is 25.0 Å². The molecule has 0 heterocycles. The molecule has 2 bridgehead atoms.